The zero-order valence-electron chi connectivity index (χ0n) is 15.3. The second-order valence-electron chi connectivity index (χ2n) is 6.86. The van der Waals surface area contributed by atoms with Crippen LogP contribution in [-0.2, 0) is 11.8 Å². The zero-order chi connectivity index (χ0) is 20.7. The summed E-state index contributed by atoms with van der Waals surface area (Å²) in [5.74, 6) is -4.24. The van der Waals surface area contributed by atoms with Gasteiger partial charge in [-0.25, -0.2) is 17.9 Å². The van der Waals surface area contributed by atoms with Gasteiger partial charge in [0.1, 0.15) is 24.0 Å². The number of aryl methyl sites for hydroxylation is 1. The summed E-state index contributed by atoms with van der Waals surface area (Å²) in [5, 5.41) is 32.2. The van der Waals surface area contributed by atoms with Gasteiger partial charge in [-0.3, -0.25) is 4.68 Å². The third-order valence-electron chi connectivity index (χ3n) is 5.07. The fourth-order valence-corrected chi connectivity index (χ4v) is 3.53. The van der Waals surface area contributed by atoms with Crippen LogP contribution in [0.2, 0.25) is 0 Å². The molecule has 11 heteroatoms. The van der Waals surface area contributed by atoms with Crippen molar-refractivity contribution < 1.29 is 28.1 Å². The third kappa shape index (κ3) is 3.52. The largest absolute Gasteiger partial charge is 0.394 e. The SMILES string of the molecule is Cn1nccc1C1CC(n2cc(-c3cc(F)c(F)c(F)c3)nn2)C(O)C(CO)O1. The van der Waals surface area contributed by atoms with Crippen molar-refractivity contribution in [2.24, 2.45) is 7.05 Å². The molecule has 1 aromatic carbocycles. The van der Waals surface area contributed by atoms with Crippen LogP contribution in [0.3, 0.4) is 0 Å². The number of benzene rings is 1. The molecule has 29 heavy (non-hydrogen) atoms. The lowest BCUT2D eigenvalue weighted by molar-refractivity contribution is -0.160. The molecule has 0 amide bonds. The normalized spacial score (nSPS) is 24.8. The second kappa shape index (κ2) is 7.58. The van der Waals surface area contributed by atoms with E-state index in [1.807, 2.05) is 0 Å². The highest BCUT2D eigenvalue weighted by Gasteiger charge is 2.40. The first-order chi connectivity index (χ1) is 13.9. The van der Waals surface area contributed by atoms with E-state index < -0.39 is 48.4 Å². The van der Waals surface area contributed by atoms with Crippen molar-refractivity contribution in [3.05, 3.63) is 53.7 Å². The third-order valence-corrected chi connectivity index (χ3v) is 5.07. The van der Waals surface area contributed by atoms with Gasteiger partial charge in [-0.05, 0) is 18.2 Å². The second-order valence-corrected chi connectivity index (χ2v) is 6.86. The van der Waals surface area contributed by atoms with Crippen LogP contribution in [0.4, 0.5) is 13.2 Å². The molecule has 0 spiro atoms. The number of hydrogen-bond donors (Lipinski definition) is 2. The van der Waals surface area contributed by atoms with Gasteiger partial charge >= 0.3 is 0 Å². The Morgan fingerprint density at radius 2 is 1.97 bits per heavy atom. The highest BCUT2D eigenvalue weighted by Crippen LogP contribution is 2.37. The van der Waals surface area contributed by atoms with Gasteiger partial charge in [-0.2, -0.15) is 5.10 Å². The van der Waals surface area contributed by atoms with Crippen LogP contribution in [0.25, 0.3) is 11.3 Å². The molecule has 3 aromatic rings. The molecule has 0 radical (unpaired) electrons. The van der Waals surface area contributed by atoms with Gasteiger partial charge in [0, 0.05) is 25.2 Å². The fraction of sp³-hybridized carbons (Fsp3) is 0.389. The average molecular weight is 409 g/mol. The van der Waals surface area contributed by atoms with Crippen LogP contribution in [0.5, 0.6) is 0 Å². The molecule has 0 aliphatic carbocycles. The Morgan fingerprint density at radius 3 is 2.59 bits per heavy atom. The van der Waals surface area contributed by atoms with E-state index in [4.69, 9.17) is 4.74 Å². The quantitative estimate of drug-likeness (QED) is 0.634. The maximum atomic E-state index is 13.5. The van der Waals surface area contributed by atoms with Gasteiger partial charge in [0.25, 0.3) is 0 Å². The molecule has 1 aliphatic heterocycles. The van der Waals surface area contributed by atoms with Gasteiger partial charge < -0.3 is 14.9 Å². The van der Waals surface area contributed by atoms with Gasteiger partial charge in [-0.15, -0.1) is 5.10 Å². The van der Waals surface area contributed by atoms with E-state index in [0.29, 0.717) is 6.42 Å². The molecular weight excluding hydrogens is 391 g/mol. The Balaban J connectivity index is 1.65. The number of aliphatic hydroxyl groups excluding tert-OH is 2. The smallest absolute Gasteiger partial charge is 0.194 e. The first kappa shape index (κ1) is 19.6. The van der Waals surface area contributed by atoms with Crippen LogP contribution in [0, 0.1) is 17.5 Å². The minimum atomic E-state index is -1.56. The van der Waals surface area contributed by atoms with Crippen molar-refractivity contribution >= 4 is 0 Å². The highest BCUT2D eigenvalue weighted by atomic mass is 19.2. The predicted molar refractivity (Wildman–Crippen MR) is 92.9 cm³/mol. The van der Waals surface area contributed by atoms with Crippen molar-refractivity contribution in [2.45, 2.75) is 30.8 Å². The van der Waals surface area contributed by atoms with Gasteiger partial charge in [0.2, 0.25) is 0 Å². The number of hydrogen-bond acceptors (Lipinski definition) is 6. The van der Waals surface area contributed by atoms with E-state index in [-0.39, 0.29) is 11.3 Å². The van der Waals surface area contributed by atoms with E-state index in [1.54, 1.807) is 24.0 Å². The van der Waals surface area contributed by atoms with Crippen LogP contribution >= 0.6 is 0 Å². The highest BCUT2D eigenvalue weighted by molar-refractivity contribution is 5.57. The Labute approximate surface area is 163 Å². The molecule has 2 N–H and O–H groups in total. The summed E-state index contributed by atoms with van der Waals surface area (Å²) in [7, 11) is 1.75. The summed E-state index contributed by atoms with van der Waals surface area (Å²) in [6, 6.07) is 2.78. The van der Waals surface area contributed by atoms with Crippen molar-refractivity contribution in [1.29, 1.82) is 0 Å². The first-order valence-electron chi connectivity index (χ1n) is 8.88. The first-order valence-corrected chi connectivity index (χ1v) is 8.88. The standard InChI is InChI=1S/C18H18F3N5O3/c1-25-13(2-3-22-25)15-6-14(18(28)16(8-27)29-15)26-7-12(23-24-26)9-4-10(19)17(21)11(20)5-9/h2-5,7,14-16,18,27-28H,6,8H2,1H3. The Kier molecular flexibility index (Phi) is 5.11. The molecule has 3 heterocycles. The van der Waals surface area contributed by atoms with Crippen LogP contribution in [-0.4, -0.2) is 53.8 Å². The minimum Gasteiger partial charge on any atom is -0.394 e. The lowest BCUT2D eigenvalue weighted by atomic mass is 9.94. The summed E-state index contributed by atoms with van der Waals surface area (Å²) in [4.78, 5) is 0. The molecule has 1 fully saturated rings. The molecule has 2 aromatic heterocycles. The number of nitrogens with zero attached hydrogens (tertiary/aromatic N) is 5. The van der Waals surface area contributed by atoms with E-state index in [2.05, 4.69) is 15.4 Å². The average Bonchev–Trinajstić information content (AvgIpc) is 3.35. The van der Waals surface area contributed by atoms with E-state index >= 15 is 0 Å². The maximum Gasteiger partial charge on any atom is 0.194 e. The van der Waals surface area contributed by atoms with Crippen molar-refractivity contribution in [3.8, 4) is 11.3 Å². The number of halogens is 3. The minimum absolute atomic E-state index is 0.0103. The lowest BCUT2D eigenvalue weighted by Crippen LogP contribution is -2.45. The topological polar surface area (TPSA) is 98.2 Å². The number of aliphatic hydroxyl groups is 2. The fourth-order valence-electron chi connectivity index (χ4n) is 3.53. The maximum absolute atomic E-state index is 13.5. The van der Waals surface area contributed by atoms with Crippen molar-refractivity contribution in [3.63, 3.8) is 0 Å². The number of aromatic nitrogens is 5. The molecule has 1 saturated heterocycles. The van der Waals surface area contributed by atoms with Crippen LogP contribution < -0.4 is 0 Å². The van der Waals surface area contributed by atoms with Gasteiger partial charge in [0.05, 0.1) is 24.5 Å². The molecule has 4 atom stereocenters. The van der Waals surface area contributed by atoms with Gasteiger partial charge in [0.15, 0.2) is 17.5 Å². The summed E-state index contributed by atoms with van der Waals surface area (Å²) in [6.07, 6.45) is 0.869. The van der Waals surface area contributed by atoms with Crippen molar-refractivity contribution in [1.82, 2.24) is 24.8 Å². The Bertz CT molecular complexity index is 1000. The van der Waals surface area contributed by atoms with Crippen LogP contribution in [0.1, 0.15) is 24.3 Å². The Hall–Kier alpha value is -2.76. The predicted octanol–water partition coefficient (Wildman–Crippen LogP) is 1.52. The van der Waals surface area contributed by atoms with E-state index in [1.165, 1.54) is 10.9 Å². The molecule has 8 nitrogen and oxygen atoms in total. The van der Waals surface area contributed by atoms with E-state index in [0.717, 1.165) is 17.8 Å². The molecule has 4 unspecified atom stereocenters. The molecular formula is C18H18F3N5O3. The molecule has 4 rings (SSSR count). The molecule has 154 valence electrons. The molecule has 1 aliphatic rings. The monoisotopic (exact) mass is 409 g/mol. The molecule has 0 bridgehead atoms. The summed E-state index contributed by atoms with van der Waals surface area (Å²) >= 11 is 0. The van der Waals surface area contributed by atoms with Crippen LogP contribution in [0.15, 0.2) is 30.6 Å². The zero-order valence-corrected chi connectivity index (χ0v) is 15.3. The van der Waals surface area contributed by atoms with Crippen molar-refractivity contribution in [2.75, 3.05) is 6.61 Å². The number of rotatable bonds is 4. The number of ether oxygens (including phenoxy) is 1. The molecule has 0 saturated carbocycles. The Morgan fingerprint density at radius 1 is 1.24 bits per heavy atom. The lowest BCUT2D eigenvalue weighted by Gasteiger charge is -2.38. The summed E-state index contributed by atoms with van der Waals surface area (Å²) in [5.41, 5.74) is 0.874. The van der Waals surface area contributed by atoms with Gasteiger partial charge in [-0.1, -0.05) is 5.21 Å². The summed E-state index contributed by atoms with van der Waals surface area (Å²) < 4.78 is 49.0. The van der Waals surface area contributed by atoms with E-state index in [9.17, 15) is 23.4 Å². The summed E-state index contributed by atoms with van der Waals surface area (Å²) in [6.45, 7) is -0.415.